The first kappa shape index (κ1) is 14.4. The summed E-state index contributed by atoms with van der Waals surface area (Å²) in [4.78, 5) is 8.46. The van der Waals surface area contributed by atoms with Gasteiger partial charge < -0.3 is 10.5 Å². The highest BCUT2D eigenvalue weighted by Gasteiger charge is 2.17. The molecule has 7 heteroatoms. The first-order valence-electron chi connectivity index (χ1n) is 5.84. The highest BCUT2D eigenvalue weighted by atomic mass is 32.2. The van der Waals surface area contributed by atoms with Gasteiger partial charge in [0.05, 0.1) is 18.0 Å². The van der Waals surface area contributed by atoms with E-state index in [4.69, 9.17) is 10.5 Å². The third kappa shape index (κ3) is 2.94. The molecule has 2 N–H and O–H groups in total. The first-order chi connectivity index (χ1) is 9.43. The number of benzene rings is 1. The van der Waals surface area contributed by atoms with Gasteiger partial charge in [-0.15, -0.1) is 0 Å². The largest absolute Gasteiger partial charge is 0.480 e. The van der Waals surface area contributed by atoms with Gasteiger partial charge in [0.2, 0.25) is 5.88 Å². The van der Waals surface area contributed by atoms with Gasteiger partial charge in [-0.25, -0.2) is 13.4 Å². The predicted molar refractivity (Wildman–Crippen MR) is 74.2 cm³/mol. The quantitative estimate of drug-likeness (QED) is 0.901. The van der Waals surface area contributed by atoms with Crippen LogP contribution < -0.4 is 10.5 Å². The lowest BCUT2D eigenvalue weighted by Gasteiger charge is -2.14. The van der Waals surface area contributed by atoms with Crippen LogP contribution in [0.25, 0.3) is 0 Å². The topological polar surface area (TPSA) is 95.2 Å². The molecule has 0 spiro atoms. The summed E-state index contributed by atoms with van der Waals surface area (Å²) in [5.41, 5.74) is 7.35. The van der Waals surface area contributed by atoms with Gasteiger partial charge >= 0.3 is 0 Å². The van der Waals surface area contributed by atoms with Crippen LogP contribution in [0.15, 0.2) is 41.6 Å². The van der Waals surface area contributed by atoms with E-state index in [1.807, 2.05) is 0 Å². The molecular weight excluding hydrogens is 278 g/mol. The molecule has 1 heterocycles. The van der Waals surface area contributed by atoms with Crippen LogP contribution in [0.5, 0.6) is 5.88 Å². The van der Waals surface area contributed by atoms with Crippen LogP contribution in [0.2, 0.25) is 0 Å². The average molecular weight is 293 g/mol. The molecule has 1 unspecified atom stereocenters. The number of ether oxygens (including phenoxy) is 1. The van der Waals surface area contributed by atoms with Gasteiger partial charge in [-0.1, -0.05) is 12.1 Å². The van der Waals surface area contributed by atoms with E-state index in [0.717, 1.165) is 11.8 Å². The number of rotatable bonds is 4. The molecule has 0 aliphatic carbocycles. The molecule has 6 nitrogen and oxygen atoms in total. The van der Waals surface area contributed by atoms with E-state index >= 15 is 0 Å². The fraction of sp³-hybridized carbons (Fsp3) is 0.231. The summed E-state index contributed by atoms with van der Waals surface area (Å²) in [6.07, 6.45) is 4.21. The third-order valence-electron chi connectivity index (χ3n) is 2.85. The lowest BCUT2D eigenvalue weighted by Crippen LogP contribution is -2.15. The summed E-state index contributed by atoms with van der Waals surface area (Å²) in [5, 5.41) is 0. The molecule has 20 heavy (non-hydrogen) atoms. The second-order valence-corrected chi connectivity index (χ2v) is 6.29. The Balaban J connectivity index is 2.36. The fourth-order valence-electron chi connectivity index (χ4n) is 1.79. The van der Waals surface area contributed by atoms with E-state index in [1.165, 1.54) is 31.6 Å². The van der Waals surface area contributed by atoms with Crippen molar-refractivity contribution in [2.24, 2.45) is 5.73 Å². The fourth-order valence-corrected chi connectivity index (χ4v) is 2.42. The molecule has 106 valence electrons. The minimum absolute atomic E-state index is 0.250. The van der Waals surface area contributed by atoms with Crippen molar-refractivity contribution in [2.75, 3.05) is 13.4 Å². The molecule has 1 atom stereocenters. The zero-order chi connectivity index (χ0) is 14.8. The molecule has 0 saturated carbocycles. The SMILES string of the molecule is COc1nccnc1C(N)c1ccc(S(C)(=O)=O)cc1. The molecule has 0 fully saturated rings. The van der Waals surface area contributed by atoms with Crippen molar-refractivity contribution in [3.8, 4) is 5.88 Å². The van der Waals surface area contributed by atoms with E-state index in [0.29, 0.717) is 11.6 Å². The van der Waals surface area contributed by atoms with E-state index in [-0.39, 0.29) is 4.90 Å². The average Bonchev–Trinajstić information content (AvgIpc) is 2.45. The van der Waals surface area contributed by atoms with Crippen molar-refractivity contribution in [2.45, 2.75) is 10.9 Å². The molecule has 0 aliphatic heterocycles. The Bertz CT molecular complexity index is 699. The van der Waals surface area contributed by atoms with Crippen molar-refractivity contribution in [1.29, 1.82) is 0 Å². The summed E-state index contributed by atoms with van der Waals surface area (Å²) in [5.74, 6) is 0.354. The number of hydrogen-bond acceptors (Lipinski definition) is 6. The summed E-state index contributed by atoms with van der Waals surface area (Å²) >= 11 is 0. The summed E-state index contributed by atoms with van der Waals surface area (Å²) in [6, 6.07) is 5.83. The zero-order valence-corrected chi connectivity index (χ0v) is 12.0. The van der Waals surface area contributed by atoms with Crippen LogP contribution in [0, 0.1) is 0 Å². The van der Waals surface area contributed by atoms with Crippen LogP contribution in [-0.4, -0.2) is 31.8 Å². The molecule has 1 aromatic carbocycles. The maximum absolute atomic E-state index is 11.4. The van der Waals surface area contributed by atoms with Crippen LogP contribution in [0.1, 0.15) is 17.3 Å². The Morgan fingerprint density at radius 3 is 2.30 bits per heavy atom. The van der Waals surface area contributed by atoms with E-state index in [1.54, 1.807) is 12.1 Å². The van der Waals surface area contributed by atoms with E-state index in [9.17, 15) is 8.42 Å². The minimum atomic E-state index is -3.22. The molecule has 2 aromatic rings. The molecule has 1 aromatic heterocycles. The second-order valence-electron chi connectivity index (χ2n) is 4.27. The molecule has 0 radical (unpaired) electrons. The number of nitrogens with two attached hydrogens (primary N) is 1. The smallest absolute Gasteiger partial charge is 0.237 e. The Hall–Kier alpha value is -1.99. The number of methoxy groups -OCH3 is 1. The van der Waals surface area contributed by atoms with Crippen molar-refractivity contribution in [3.63, 3.8) is 0 Å². The maximum atomic E-state index is 11.4. The van der Waals surface area contributed by atoms with Crippen molar-refractivity contribution in [3.05, 3.63) is 47.9 Å². The molecule has 0 saturated heterocycles. The molecule has 0 amide bonds. The Morgan fingerprint density at radius 2 is 1.75 bits per heavy atom. The zero-order valence-electron chi connectivity index (χ0n) is 11.1. The maximum Gasteiger partial charge on any atom is 0.237 e. The highest BCUT2D eigenvalue weighted by Crippen LogP contribution is 2.24. The van der Waals surface area contributed by atoms with Gasteiger partial charge in [-0.3, -0.25) is 4.98 Å². The van der Waals surface area contributed by atoms with Gasteiger partial charge in [-0.05, 0) is 17.7 Å². The van der Waals surface area contributed by atoms with Crippen molar-refractivity contribution < 1.29 is 13.2 Å². The molecule has 2 rings (SSSR count). The molecular formula is C13H15N3O3S. The van der Waals surface area contributed by atoms with Gasteiger partial charge in [0.25, 0.3) is 0 Å². The van der Waals surface area contributed by atoms with Crippen molar-refractivity contribution >= 4 is 9.84 Å². The molecule has 0 aliphatic rings. The normalized spacial score (nSPS) is 12.9. The predicted octanol–water partition coefficient (Wildman–Crippen LogP) is 0.937. The summed E-state index contributed by atoms with van der Waals surface area (Å²) in [6.45, 7) is 0. The van der Waals surface area contributed by atoms with E-state index in [2.05, 4.69) is 9.97 Å². The Labute approximate surface area is 117 Å². The number of sulfone groups is 1. The van der Waals surface area contributed by atoms with Gasteiger partial charge in [-0.2, -0.15) is 0 Å². The van der Waals surface area contributed by atoms with Gasteiger partial charge in [0.15, 0.2) is 9.84 Å². The number of aromatic nitrogens is 2. The first-order valence-corrected chi connectivity index (χ1v) is 7.73. The molecule has 0 bridgehead atoms. The van der Waals surface area contributed by atoms with E-state index < -0.39 is 15.9 Å². The summed E-state index contributed by atoms with van der Waals surface area (Å²) < 4.78 is 27.9. The lowest BCUT2D eigenvalue weighted by atomic mass is 10.0. The van der Waals surface area contributed by atoms with Crippen LogP contribution >= 0.6 is 0 Å². The number of hydrogen-bond donors (Lipinski definition) is 1. The Kier molecular flexibility index (Phi) is 4.01. The van der Waals surface area contributed by atoms with Crippen LogP contribution in [0.4, 0.5) is 0 Å². The monoisotopic (exact) mass is 293 g/mol. The number of nitrogens with zero attached hydrogens (tertiary/aromatic N) is 2. The Morgan fingerprint density at radius 1 is 1.15 bits per heavy atom. The van der Waals surface area contributed by atoms with Crippen molar-refractivity contribution in [1.82, 2.24) is 9.97 Å². The van der Waals surface area contributed by atoms with Crippen LogP contribution in [0.3, 0.4) is 0 Å². The van der Waals surface area contributed by atoms with Gasteiger partial charge in [0.1, 0.15) is 5.69 Å². The summed E-state index contributed by atoms with van der Waals surface area (Å²) in [7, 11) is -1.72. The minimum Gasteiger partial charge on any atom is -0.480 e. The second kappa shape index (κ2) is 5.56. The third-order valence-corrected chi connectivity index (χ3v) is 3.97. The van der Waals surface area contributed by atoms with Crippen LogP contribution in [-0.2, 0) is 9.84 Å². The standard InChI is InChI=1S/C13H15N3O3S/c1-19-13-12(15-7-8-16-13)11(14)9-3-5-10(6-4-9)20(2,17)18/h3-8,11H,14H2,1-2H3. The van der Waals surface area contributed by atoms with Gasteiger partial charge in [0, 0.05) is 18.6 Å². The lowest BCUT2D eigenvalue weighted by molar-refractivity contribution is 0.387. The highest BCUT2D eigenvalue weighted by molar-refractivity contribution is 7.90.